The molecule has 0 aromatic carbocycles. The molecular formula is C62H112N2O23. The highest BCUT2D eigenvalue weighted by molar-refractivity contribution is 5.76. The van der Waals surface area contributed by atoms with E-state index >= 15 is 0 Å². The Balaban J connectivity index is 1.34. The predicted molar refractivity (Wildman–Crippen MR) is 317 cm³/mol. The van der Waals surface area contributed by atoms with Gasteiger partial charge in [0.05, 0.1) is 45.2 Å². The maximum absolute atomic E-state index is 13.4. The van der Waals surface area contributed by atoms with Crippen molar-refractivity contribution in [2.24, 2.45) is 0 Å². The minimum Gasteiger partial charge on any atom is -0.394 e. The molecule has 22 atom stereocenters. The minimum atomic E-state index is -2.10. The van der Waals surface area contributed by atoms with Crippen LogP contribution in [0.3, 0.4) is 0 Å². The third kappa shape index (κ3) is 25.9. The molecule has 22 unspecified atom stereocenters. The summed E-state index contributed by atoms with van der Waals surface area (Å²) in [5, 5.41) is 147. The van der Waals surface area contributed by atoms with Gasteiger partial charge in [0, 0.05) is 13.3 Å². The van der Waals surface area contributed by atoms with Gasteiger partial charge in [-0.1, -0.05) is 154 Å². The van der Waals surface area contributed by atoms with Gasteiger partial charge in [-0.2, -0.15) is 0 Å². The van der Waals surface area contributed by atoms with Crippen LogP contribution in [-0.2, 0) is 47.5 Å². The Labute approximate surface area is 514 Å². The molecule has 25 nitrogen and oxygen atoms in total. The summed E-state index contributed by atoms with van der Waals surface area (Å²) >= 11 is 0. The summed E-state index contributed by atoms with van der Waals surface area (Å²) in [5.41, 5.74) is 0. The smallest absolute Gasteiger partial charge is 0.220 e. The molecule has 4 aliphatic rings. The highest BCUT2D eigenvalue weighted by Crippen LogP contribution is 2.35. The quantitative estimate of drug-likeness (QED) is 0.0304. The number of carbonyl (C=O) groups excluding carboxylic acids is 2. The van der Waals surface area contributed by atoms with Gasteiger partial charge in [0.15, 0.2) is 25.2 Å². The van der Waals surface area contributed by atoms with Crippen LogP contribution in [-0.4, -0.2) is 246 Å². The van der Waals surface area contributed by atoms with Gasteiger partial charge >= 0.3 is 0 Å². The number of ether oxygens (including phenoxy) is 8. The first-order valence-corrected chi connectivity index (χ1v) is 32.6. The molecule has 508 valence electrons. The van der Waals surface area contributed by atoms with Crippen LogP contribution >= 0.6 is 0 Å². The summed E-state index contributed by atoms with van der Waals surface area (Å²) in [5.74, 6) is -1.01. The fourth-order valence-corrected chi connectivity index (χ4v) is 11.4. The van der Waals surface area contributed by atoms with Crippen LogP contribution in [0.2, 0.25) is 0 Å². The molecule has 4 aliphatic heterocycles. The number of amides is 2. The number of hydrogen-bond acceptors (Lipinski definition) is 23. The van der Waals surface area contributed by atoms with E-state index < -0.39 is 174 Å². The number of rotatable bonds is 44. The van der Waals surface area contributed by atoms with E-state index in [1.165, 1.54) is 89.9 Å². The second kappa shape index (κ2) is 43.4. The van der Waals surface area contributed by atoms with E-state index in [9.17, 15) is 76.0 Å². The number of unbranched alkanes of at least 4 members (excludes halogenated alkanes) is 22. The summed E-state index contributed by atoms with van der Waals surface area (Å²) in [4.78, 5) is 25.4. The third-order valence-corrected chi connectivity index (χ3v) is 16.8. The van der Waals surface area contributed by atoms with Crippen molar-refractivity contribution in [3.63, 3.8) is 0 Å². The van der Waals surface area contributed by atoms with Crippen LogP contribution in [0.5, 0.6) is 0 Å². The third-order valence-electron chi connectivity index (χ3n) is 16.8. The lowest BCUT2D eigenvalue weighted by Crippen LogP contribution is -2.69. The highest BCUT2D eigenvalue weighted by Gasteiger charge is 2.56. The zero-order valence-electron chi connectivity index (χ0n) is 51.8. The molecule has 0 aromatic heterocycles. The molecule has 0 spiro atoms. The van der Waals surface area contributed by atoms with Crippen molar-refractivity contribution in [3.05, 3.63) is 24.3 Å². The summed E-state index contributed by atoms with van der Waals surface area (Å²) in [6, 6.07) is -2.53. The van der Waals surface area contributed by atoms with Crippen LogP contribution in [0, 0.1) is 0 Å². The van der Waals surface area contributed by atoms with Crippen molar-refractivity contribution in [3.8, 4) is 0 Å². The summed E-state index contributed by atoms with van der Waals surface area (Å²) in [7, 11) is 0. The number of carbonyl (C=O) groups is 2. The summed E-state index contributed by atoms with van der Waals surface area (Å²) in [6.45, 7) is 1.59. The molecule has 2 amide bonds. The Hall–Kier alpha value is -2.42. The number of hydrogen-bond donors (Lipinski definition) is 15. The number of nitrogens with one attached hydrogen (secondary N) is 2. The fraction of sp³-hybridized carbons (Fsp3) is 0.903. The van der Waals surface area contributed by atoms with Crippen molar-refractivity contribution in [1.29, 1.82) is 0 Å². The average Bonchev–Trinajstić information content (AvgIpc) is 3.39. The van der Waals surface area contributed by atoms with Crippen LogP contribution in [0.25, 0.3) is 0 Å². The number of aliphatic hydroxyl groups is 13. The second-order valence-corrected chi connectivity index (χ2v) is 23.9. The van der Waals surface area contributed by atoms with Gasteiger partial charge in [0.25, 0.3) is 0 Å². The SMILES string of the molecule is CCCCCCCCC=CCCCCCCCC(=O)NC(COC1OC(CO)C(OC2OC(CO)C(OC3OC(CO)C(O)C(OC4OC(CO)C(O)C(O)C4NC(C)=O)C3O)C(O)C2O)C(O)C1O)C(O)C=CCCCCCCCCCCCCC. The van der Waals surface area contributed by atoms with E-state index in [0.29, 0.717) is 12.8 Å². The Bertz CT molecular complexity index is 1870. The zero-order chi connectivity index (χ0) is 63.7. The lowest BCUT2D eigenvalue weighted by Gasteiger charge is -2.49. The minimum absolute atomic E-state index is 0.204. The van der Waals surface area contributed by atoms with Crippen LogP contribution in [0.15, 0.2) is 24.3 Å². The fourth-order valence-electron chi connectivity index (χ4n) is 11.4. The zero-order valence-corrected chi connectivity index (χ0v) is 51.8. The molecule has 25 heteroatoms. The van der Waals surface area contributed by atoms with E-state index in [1.807, 2.05) is 6.08 Å². The van der Waals surface area contributed by atoms with Gasteiger partial charge in [-0.3, -0.25) is 9.59 Å². The van der Waals surface area contributed by atoms with Gasteiger partial charge < -0.3 is 115 Å². The lowest BCUT2D eigenvalue weighted by molar-refractivity contribution is -0.386. The van der Waals surface area contributed by atoms with Crippen molar-refractivity contribution in [2.45, 2.75) is 323 Å². The van der Waals surface area contributed by atoms with E-state index in [0.717, 1.165) is 64.7 Å². The maximum Gasteiger partial charge on any atom is 0.220 e. The topological polar surface area (TPSA) is 395 Å². The Kier molecular flexibility index (Phi) is 38.4. The van der Waals surface area contributed by atoms with Crippen molar-refractivity contribution >= 4 is 11.8 Å². The Morgan fingerprint density at radius 3 is 1.34 bits per heavy atom. The van der Waals surface area contributed by atoms with Crippen molar-refractivity contribution in [1.82, 2.24) is 10.6 Å². The van der Waals surface area contributed by atoms with Crippen molar-refractivity contribution < 1.29 is 114 Å². The first kappa shape index (κ1) is 77.0. The highest BCUT2D eigenvalue weighted by atomic mass is 16.8. The number of allylic oxidation sites excluding steroid dienone is 3. The van der Waals surface area contributed by atoms with Gasteiger partial charge in [0.1, 0.15) is 97.6 Å². The van der Waals surface area contributed by atoms with E-state index in [1.54, 1.807) is 6.08 Å². The van der Waals surface area contributed by atoms with Crippen LogP contribution in [0.1, 0.15) is 188 Å². The molecule has 4 rings (SSSR count). The van der Waals surface area contributed by atoms with Gasteiger partial charge in [0.2, 0.25) is 11.8 Å². The van der Waals surface area contributed by atoms with Gasteiger partial charge in [-0.15, -0.1) is 0 Å². The van der Waals surface area contributed by atoms with E-state index in [4.69, 9.17) is 37.9 Å². The van der Waals surface area contributed by atoms with Crippen molar-refractivity contribution in [2.75, 3.05) is 33.0 Å². The lowest BCUT2D eigenvalue weighted by atomic mass is 9.95. The molecule has 0 radical (unpaired) electrons. The Morgan fingerprint density at radius 1 is 0.448 bits per heavy atom. The molecule has 0 aliphatic carbocycles. The molecular weight excluding hydrogens is 1140 g/mol. The molecule has 0 aromatic rings. The largest absolute Gasteiger partial charge is 0.394 e. The van der Waals surface area contributed by atoms with Gasteiger partial charge in [-0.05, 0) is 44.9 Å². The molecule has 0 bridgehead atoms. The standard InChI is InChI=1S/C62H112N2O23/c1-4-6-8-10-12-14-16-18-19-21-23-25-27-29-31-33-46(71)64-40(41(70)32-30-28-26-24-22-20-17-15-13-11-9-7-5-2)38-80-60-53(77)51(75)56(44(36-67)83-60)85-61-54(78)52(76)57(45(37-68)84-61)86-62-55(79)58(49(73)43(35-66)82-62)87-59-47(63-39(3)69)50(74)48(72)42(34-65)81-59/h18-19,30,32,40-45,47-62,65-68,70,72-79H,4-17,20-29,31,33-38H2,1-3H3,(H,63,69)(H,64,71). The first-order valence-electron chi connectivity index (χ1n) is 32.6. The van der Waals surface area contributed by atoms with E-state index in [-0.39, 0.29) is 12.3 Å². The van der Waals surface area contributed by atoms with Crippen LogP contribution < -0.4 is 10.6 Å². The summed E-state index contributed by atoms with van der Waals surface area (Å²) < 4.78 is 46.4. The predicted octanol–water partition coefficient (Wildman–Crippen LogP) is 1.56. The molecule has 4 heterocycles. The first-order chi connectivity index (χ1) is 42.0. The van der Waals surface area contributed by atoms with E-state index in [2.05, 4.69) is 36.6 Å². The van der Waals surface area contributed by atoms with Gasteiger partial charge in [-0.25, -0.2) is 0 Å². The number of aliphatic hydroxyl groups excluding tert-OH is 13. The second-order valence-electron chi connectivity index (χ2n) is 23.9. The van der Waals surface area contributed by atoms with Crippen LogP contribution in [0.4, 0.5) is 0 Å². The molecule has 0 saturated carbocycles. The monoisotopic (exact) mass is 1250 g/mol. The maximum atomic E-state index is 13.4. The summed E-state index contributed by atoms with van der Waals surface area (Å²) in [6.07, 6.45) is 1.11. The normalized spacial score (nSPS) is 33.9. The average molecular weight is 1250 g/mol. The molecule has 15 N–H and O–H groups in total. The molecule has 4 saturated heterocycles. The molecule has 87 heavy (non-hydrogen) atoms. The Morgan fingerprint density at radius 2 is 0.851 bits per heavy atom. The molecule has 4 fully saturated rings.